The summed E-state index contributed by atoms with van der Waals surface area (Å²) in [6.07, 6.45) is 10.1. The molecule has 5 nitrogen and oxygen atoms in total. The third-order valence-corrected chi connectivity index (χ3v) is 1.87. The molecular weight excluding hydrogens is 222 g/mol. The Balaban J connectivity index is 4.46. The number of nitrogens with one attached hydrogen (secondary N) is 1. The minimum atomic E-state index is -1.01. The van der Waals surface area contributed by atoms with E-state index in [1.807, 2.05) is 0 Å². The van der Waals surface area contributed by atoms with E-state index < -0.39 is 5.54 Å². The summed E-state index contributed by atoms with van der Waals surface area (Å²) in [4.78, 5) is 11.1. The van der Waals surface area contributed by atoms with Crippen molar-refractivity contribution in [3.05, 3.63) is 0 Å². The SMILES string of the molecule is C#CCOCC(CO)(COCC#C)NC(C)=O. The first-order valence-corrected chi connectivity index (χ1v) is 5.02. The van der Waals surface area contributed by atoms with Gasteiger partial charge in [0.15, 0.2) is 0 Å². The summed E-state index contributed by atoms with van der Waals surface area (Å²) < 4.78 is 10.3. The van der Waals surface area contributed by atoms with Gasteiger partial charge in [0.25, 0.3) is 0 Å². The van der Waals surface area contributed by atoms with Gasteiger partial charge < -0.3 is 19.9 Å². The van der Waals surface area contributed by atoms with Crippen molar-refractivity contribution in [2.24, 2.45) is 0 Å². The van der Waals surface area contributed by atoms with E-state index in [1.54, 1.807) is 0 Å². The predicted octanol–water partition coefficient (Wildman–Crippen LogP) is -0.847. The number of ether oxygens (including phenoxy) is 2. The van der Waals surface area contributed by atoms with E-state index in [-0.39, 0.29) is 38.9 Å². The van der Waals surface area contributed by atoms with Crippen LogP contribution in [0.15, 0.2) is 0 Å². The largest absolute Gasteiger partial charge is 0.394 e. The van der Waals surface area contributed by atoms with Gasteiger partial charge >= 0.3 is 0 Å². The van der Waals surface area contributed by atoms with Gasteiger partial charge in [-0.15, -0.1) is 12.8 Å². The maximum atomic E-state index is 11.1. The molecule has 0 unspecified atom stereocenters. The monoisotopic (exact) mass is 239 g/mol. The lowest BCUT2D eigenvalue weighted by Gasteiger charge is -2.31. The number of rotatable bonds is 8. The van der Waals surface area contributed by atoms with E-state index in [0.717, 1.165) is 0 Å². The normalized spacial score (nSPS) is 10.4. The average molecular weight is 239 g/mol. The summed E-state index contributed by atoms with van der Waals surface area (Å²) in [6.45, 7) is 1.30. The second kappa shape index (κ2) is 8.60. The van der Waals surface area contributed by atoms with Gasteiger partial charge in [-0.25, -0.2) is 0 Å². The van der Waals surface area contributed by atoms with Crippen molar-refractivity contribution < 1.29 is 19.4 Å². The molecule has 0 rings (SSSR count). The molecule has 17 heavy (non-hydrogen) atoms. The minimum Gasteiger partial charge on any atom is -0.394 e. The third-order valence-electron chi connectivity index (χ3n) is 1.87. The van der Waals surface area contributed by atoms with Crippen molar-refractivity contribution >= 4 is 5.91 Å². The van der Waals surface area contributed by atoms with E-state index in [0.29, 0.717) is 0 Å². The first kappa shape index (κ1) is 15.5. The molecule has 0 aromatic heterocycles. The molecular formula is C12H17NO4. The third kappa shape index (κ3) is 6.60. The molecule has 0 saturated heterocycles. The van der Waals surface area contributed by atoms with Crippen LogP contribution in [0, 0.1) is 24.7 Å². The second-order valence-corrected chi connectivity index (χ2v) is 3.51. The first-order valence-electron chi connectivity index (χ1n) is 5.02. The highest BCUT2D eigenvalue weighted by molar-refractivity contribution is 5.73. The highest BCUT2D eigenvalue weighted by Crippen LogP contribution is 2.06. The minimum absolute atomic E-state index is 0.0534. The zero-order chi connectivity index (χ0) is 13.1. The fourth-order valence-corrected chi connectivity index (χ4v) is 1.23. The van der Waals surface area contributed by atoms with E-state index in [1.165, 1.54) is 6.92 Å². The van der Waals surface area contributed by atoms with Crippen LogP contribution in [0.5, 0.6) is 0 Å². The molecule has 0 radical (unpaired) electrons. The molecule has 0 heterocycles. The molecule has 0 spiro atoms. The van der Waals surface area contributed by atoms with Crippen LogP contribution >= 0.6 is 0 Å². The quantitative estimate of drug-likeness (QED) is 0.428. The zero-order valence-corrected chi connectivity index (χ0v) is 9.86. The Morgan fingerprint density at radius 3 is 2.06 bits per heavy atom. The van der Waals surface area contributed by atoms with E-state index in [4.69, 9.17) is 22.3 Å². The molecule has 0 fully saturated rings. The summed E-state index contributed by atoms with van der Waals surface area (Å²) in [7, 11) is 0. The van der Waals surface area contributed by atoms with Crippen LogP contribution < -0.4 is 5.32 Å². The molecule has 94 valence electrons. The summed E-state index contributed by atoms with van der Waals surface area (Å²) >= 11 is 0. The van der Waals surface area contributed by atoms with Gasteiger partial charge in [-0.3, -0.25) is 4.79 Å². The van der Waals surface area contributed by atoms with Crippen molar-refractivity contribution in [3.8, 4) is 24.7 Å². The number of carbonyl (C=O) groups excluding carboxylic acids is 1. The molecule has 0 aromatic rings. The number of hydrogen-bond acceptors (Lipinski definition) is 4. The van der Waals surface area contributed by atoms with Crippen LogP contribution in [-0.4, -0.2) is 49.6 Å². The Labute approximate surface area is 101 Å². The standard InChI is InChI=1S/C12H17NO4/c1-4-6-16-9-12(8-14,13-11(3)15)10-17-7-5-2/h1-2,14H,6-10H2,3H3,(H,13,15). The van der Waals surface area contributed by atoms with Crippen LogP contribution in [0.1, 0.15) is 6.92 Å². The number of aliphatic hydroxyl groups excluding tert-OH is 1. The van der Waals surface area contributed by atoms with Gasteiger partial charge in [-0.05, 0) is 0 Å². The summed E-state index contributed by atoms with van der Waals surface area (Å²) in [5.74, 6) is 4.29. The smallest absolute Gasteiger partial charge is 0.217 e. The van der Waals surface area contributed by atoms with Gasteiger partial charge in [0.05, 0.1) is 19.8 Å². The molecule has 2 N–H and O–H groups in total. The Hall–Kier alpha value is -1.53. The van der Waals surface area contributed by atoms with Crippen molar-refractivity contribution in [3.63, 3.8) is 0 Å². The number of carbonyl (C=O) groups is 1. The summed E-state index contributed by atoms with van der Waals surface area (Å²) in [5.41, 5.74) is -1.01. The highest BCUT2D eigenvalue weighted by atomic mass is 16.5. The van der Waals surface area contributed by atoms with Crippen LogP contribution in [0.2, 0.25) is 0 Å². The highest BCUT2D eigenvalue weighted by Gasteiger charge is 2.31. The van der Waals surface area contributed by atoms with Crippen LogP contribution in [-0.2, 0) is 14.3 Å². The number of amides is 1. The zero-order valence-electron chi connectivity index (χ0n) is 9.86. The molecule has 0 aromatic carbocycles. The average Bonchev–Trinajstić information content (AvgIpc) is 2.28. The Morgan fingerprint density at radius 1 is 1.29 bits per heavy atom. The summed E-state index contributed by atoms with van der Waals surface area (Å²) in [5, 5.41) is 11.9. The Bertz CT molecular complexity index is 293. The van der Waals surface area contributed by atoms with Gasteiger partial charge in [0, 0.05) is 6.92 Å². The fourth-order valence-electron chi connectivity index (χ4n) is 1.23. The lowest BCUT2D eigenvalue weighted by molar-refractivity contribution is -0.124. The molecule has 1 amide bonds. The summed E-state index contributed by atoms with van der Waals surface area (Å²) in [6, 6.07) is 0. The van der Waals surface area contributed by atoms with Crippen molar-refractivity contribution in [2.75, 3.05) is 33.0 Å². The maximum Gasteiger partial charge on any atom is 0.217 e. The fraction of sp³-hybridized carbons (Fsp3) is 0.583. The van der Waals surface area contributed by atoms with Crippen molar-refractivity contribution in [2.45, 2.75) is 12.5 Å². The number of aliphatic hydroxyl groups is 1. The van der Waals surface area contributed by atoms with E-state index in [2.05, 4.69) is 17.2 Å². The van der Waals surface area contributed by atoms with Crippen molar-refractivity contribution in [1.82, 2.24) is 5.32 Å². The predicted molar refractivity (Wildman–Crippen MR) is 62.9 cm³/mol. The molecule has 0 saturated carbocycles. The van der Waals surface area contributed by atoms with Crippen LogP contribution in [0.4, 0.5) is 0 Å². The molecule has 0 aliphatic carbocycles. The molecule has 5 heteroatoms. The van der Waals surface area contributed by atoms with Crippen LogP contribution in [0.25, 0.3) is 0 Å². The molecule has 0 aliphatic rings. The lowest BCUT2D eigenvalue weighted by Crippen LogP contribution is -2.57. The first-order chi connectivity index (χ1) is 8.10. The molecule has 0 atom stereocenters. The van der Waals surface area contributed by atoms with Gasteiger partial charge in [-0.2, -0.15) is 0 Å². The van der Waals surface area contributed by atoms with Gasteiger partial charge in [0.2, 0.25) is 5.91 Å². The van der Waals surface area contributed by atoms with E-state index in [9.17, 15) is 9.90 Å². The number of hydrogen-bond donors (Lipinski definition) is 2. The second-order valence-electron chi connectivity index (χ2n) is 3.51. The Kier molecular flexibility index (Phi) is 7.83. The van der Waals surface area contributed by atoms with Crippen LogP contribution in [0.3, 0.4) is 0 Å². The molecule has 0 aliphatic heterocycles. The van der Waals surface area contributed by atoms with E-state index >= 15 is 0 Å². The lowest BCUT2D eigenvalue weighted by atomic mass is 10.0. The topological polar surface area (TPSA) is 67.8 Å². The molecule has 0 bridgehead atoms. The van der Waals surface area contributed by atoms with Crippen molar-refractivity contribution in [1.29, 1.82) is 0 Å². The van der Waals surface area contributed by atoms with Gasteiger partial charge in [0.1, 0.15) is 18.8 Å². The Morgan fingerprint density at radius 2 is 1.76 bits per heavy atom. The van der Waals surface area contributed by atoms with Gasteiger partial charge in [-0.1, -0.05) is 11.8 Å². The number of terminal acetylenes is 2. The maximum absolute atomic E-state index is 11.1.